The van der Waals surface area contributed by atoms with Gasteiger partial charge in [-0.3, -0.25) is 4.79 Å². The van der Waals surface area contributed by atoms with Crippen molar-refractivity contribution in [2.75, 3.05) is 5.75 Å². The van der Waals surface area contributed by atoms with E-state index in [1.807, 2.05) is 6.07 Å². The monoisotopic (exact) mass is 314 g/mol. The highest BCUT2D eigenvalue weighted by Gasteiger charge is 2.30. The molecule has 0 heterocycles. The van der Waals surface area contributed by atoms with Crippen LogP contribution in [0.4, 0.5) is 13.2 Å². The van der Waals surface area contributed by atoms with Crippen molar-refractivity contribution in [2.24, 2.45) is 5.73 Å². The molecule has 0 bridgehead atoms. The highest BCUT2D eigenvalue weighted by molar-refractivity contribution is 8.00. The van der Waals surface area contributed by atoms with Gasteiger partial charge in [0.1, 0.15) is 0 Å². The predicted octanol–water partition coefficient (Wildman–Crippen LogP) is 2.30. The van der Waals surface area contributed by atoms with Crippen LogP contribution < -0.4 is 11.1 Å². The molecule has 1 unspecified atom stereocenters. The Morgan fingerprint density at radius 3 is 2.42 bits per heavy atom. The molecule has 1 rings (SSSR count). The highest BCUT2D eigenvalue weighted by Crippen LogP contribution is 2.30. The summed E-state index contributed by atoms with van der Waals surface area (Å²) >= 11 is -0.294. The van der Waals surface area contributed by atoms with Crippen LogP contribution in [0.5, 0.6) is 0 Å². The maximum atomic E-state index is 11.9. The molecule has 0 aliphatic heterocycles. The first kappa shape index (κ1) is 18.1. The molecule has 0 radical (unpaired) electrons. The smallest absolute Gasteiger partial charge is 0.351 e. The van der Waals surface area contributed by atoms with Crippen LogP contribution in [-0.2, 0) is 11.3 Å². The summed E-state index contributed by atoms with van der Waals surface area (Å²) in [6, 6.07) is 7.88. The van der Waals surface area contributed by atoms with Gasteiger partial charge in [-0.15, -0.1) is 12.4 Å². The van der Waals surface area contributed by atoms with Crippen molar-refractivity contribution in [2.45, 2.75) is 18.1 Å². The molecular formula is C11H14ClF3N2OS. The summed E-state index contributed by atoms with van der Waals surface area (Å²) in [5.74, 6) is -1.07. The number of thioether (sulfide) groups is 1. The van der Waals surface area contributed by atoms with Gasteiger partial charge in [-0.1, -0.05) is 30.3 Å². The maximum absolute atomic E-state index is 11.9. The first-order chi connectivity index (χ1) is 8.38. The van der Waals surface area contributed by atoms with Crippen molar-refractivity contribution in [1.29, 1.82) is 0 Å². The fourth-order valence-electron chi connectivity index (χ4n) is 1.18. The van der Waals surface area contributed by atoms with Gasteiger partial charge in [-0.05, 0) is 17.3 Å². The number of hydrogen-bond acceptors (Lipinski definition) is 3. The zero-order valence-electron chi connectivity index (χ0n) is 9.81. The zero-order chi connectivity index (χ0) is 13.6. The molecule has 0 aliphatic rings. The molecular weight excluding hydrogens is 301 g/mol. The van der Waals surface area contributed by atoms with Crippen LogP contribution in [0.2, 0.25) is 0 Å². The van der Waals surface area contributed by atoms with E-state index in [0.29, 0.717) is 0 Å². The Hall–Kier alpha value is -0.920. The average Bonchev–Trinajstić information content (AvgIpc) is 2.33. The van der Waals surface area contributed by atoms with E-state index in [1.54, 1.807) is 24.3 Å². The largest absolute Gasteiger partial charge is 0.441 e. The first-order valence-corrected chi connectivity index (χ1v) is 6.15. The molecule has 1 aromatic carbocycles. The van der Waals surface area contributed by atoms with E-state index in [2.05, 4.69) is 5.32 Å². The van der Waals surface area contributed by atoms with Crippen LogP contribution in [0.1, 0.15) is 5.56 Å². The van der Waals surface area contributed by atoms with Crippen LogP contribution in [0.25, 0.3) is 0 Å². The molecule has 1 amide bonds. The molecule has 1 atom stereocenters. The van der Waals surface area contributed by atoms with Gasteiger partial charge < -0.3 is 11.1 Å². The van der Waals surface area contributed by atoms with Crippen LogP contribution in [0, 0.1) is 0 Å². The third kappa shape index (κ3) is 7.97. The number of halogens is 4. The SMILES string of the molecule is Cl.NC(CSC(F)(F)F)C(=O)NCc1ccccc1. The summed E-state index contributed by atoms with van der Waals surface area (Å²) < 4.78 is 35.7. The van der Waals surface area contributed by atoms with Crippen molar-refractivity contribution >= 4 is 30.1 Å². The minimum absolute atomic E-state index is 0. The lowest BCUT2D eigenvalue weighted by atomic mass is 10.2. The molecule has 0 saturated heterocycles. The van der Waals surface area contributed by atoms with Gasteiger partial charge in [0.15, 0.2) is 0 Å². The Morgan fingerprint density at radius 1 is 1.32 bits per heavy atom. The number of nitrogens with two attached hydrogens (primary N) is 1. The fraction of sp³-hybridized carbons (Fsp3) is 0.364. The molecule has 108 valence electrons. The number of amides is 1. The lowest BCUT2D eigenvalue weighted by Crippen LogP contribution is -2.42. The lowest BCUT2D eigenvalue weighted by Gasteiger charge is -2.13. The minimum Gasteiger partial charge on any atom is -0.351 e. The van der Waals surface area contributed by atoms with Crippen LogP contribution in [0.15, 0.2) is 30.3 Å². The lowest BCUT2D eigenvalue weighted by molar-refractivity contribution is -0.122. The molecule has 0 aromatic heterocycles. The molecule has 0 fully saturated rings. The topological polar surface area (TPSA) is 55.1 Å². The molecule has 0 saturated carbocycles. The number of nitrogens with one attached hydrogen (secondary N) is 1. The van der Waals surface area contributed by atoms with E-state index >= 15 is 0 Å². The molecule has 1 aromatic rings. The van der Waals surface area contributed by atoms with Gasteiger partial charge in [-0.2, -0.15) is 13.2 Å². The van der Waals surface area contributed by atoms with E-state index in [1.165, 1.54) is 0 Å². The summed E-state index contributed by atoms with van der Waals surface area (Å²) in [6.45, 7) is 0.254. The highest BCUT2D eigenvalue weighted by atomic mass is 35.5. The number of carbonyl (C=O) groups is 1. The van der Waals surface area contributed by atoms with Crippen molar-refractivity contribution in [3.8, 4) is 0 Å². The van der Waals surface area contributed by atoms with E-state index in [4.69, 9.17) is 5.73 Å². The summed E-state index contributed by atoms with van der Waals surface area (Å²) in [5.41, 5.74) is 1.85. The van der Waals surface area contributed by atoms with Crippen LogP contribution >= 0.6 is 24.2 Å². The summed E-state index contributed by atoms with van der Waals surface area (Å²) in [5, 5.41) is 2.49. The fourth-order valence-corrected chi connectivity index (χ4v) is 1.70. The number of alkyl halides is 3. The van der Waals surface area contributed by atoms with Gasteiger partial charge in [0, 0.05) is 12.3 Å². The van der Waals surface area contributed by atoms with E-state index in [-0.39, 0.29) is 30.7 Å². The molecule has 3 nitrogen and oxygen atoms in total. The van der Waals surface area contributed by atoms with Crippen molar-refractivity contribution < 1.29 is 18.0 Å². The number of carbonyl (C=O) groups excluding carboxylic acids is 1. The number of rotatable bonds is 5. The second-order valence-electron chi connectivity index (χ2n) is 3.57. The van der Waals surface area contributed by atoms with E-state index in [9.17, 15) is 18.0 Å². The second-order valence-corrected chi connectivity index (χ2v) is 4.65. The quantitative estimate of drug-likeness (QED) is 0.877. The van der Waals surface area contributed by atoms with Gasteiger partial charge >= 0.3 is 5.51 Å². The number of benzene rings is 1. The first-order valence-electron chi connectivity index (χ1n) is 5.16. The van der Waals surface area contributed by atoms with Crippen LogP contribution in [0.3, 0.4) is 0 Å². The van der Waals surface area contributed by atoms with Gasteiger partial charge in [0.2, 0.25) is 5.91 Å². The summed E-state index contributed by atoms with van der Waals surface area (Å²) in [4.78, 5) is 11.4. The van der Waals surface area contributed by atoms with Gasteiger partial charge in [-0.25, -0.2) is 0 Å². The Kier molecular flexibility index (Phi) is 7.89. The molecule has 8 heteroatoms. The Balaban J connectivity index is 0.00000324. The van der Waals surface area contributed by atoms with Crippen molar-refractivity contribution in [1.82, 2.24) is 5.32 Å². The Bertz CT molecular complexity index is 389. The van der Waals surface area contributed by atoms with E-state index in [0.717, 1.165) is 5.56 Å². The second kappa shape index (κ2) is 8.29. The normalized spacial score (nSPS) is 12.4. The standard InChI is InChI=1S/C11H13F3N2OS.ClH/c12-11(13,14)18-7-9(15)10(17)16-6-8-4-2-1-3-5-8;/h1-5,9H,6-7,15H2,(H,16,17);1H. The maximum Gasteiger partial charge on any atom is 0.441 e. The number of hydrogen-bond donors (Lipinski definition) is 2. The Morgan fingerprint density at radius 2 is 1.89 bits per heavy atom. The molecule has 3 N–H and O–H groups in total. The van der Waals surface area contributed by atoms with Crippen LogP contribution in [-0.4, -0.2) is 23.2 Å². The third-order valence-corrected chi connectivity index (χ3v) is 2.93. The molecule has 0 aliphatic carbocycles. The third-order valence-electron chi connectivity index (χ3n) is 2.07. The van der Waals surface area contributed by atoms with Gasteiger partial charge in [0.05, 0.1) is 6.04 Å². The average molecular weight is 315 g/mol. The minimum atomic E-state index is -4.36. The summed E-state index contributed by atoms with van der Waals surface area (Å²) in [7, 11) is 0. The molecule has 0 spiro atoms. The Labute approximate surface area is 119 Å². The van der Waals surface area contributed by atoms with Crippen molar-refractivity contribution in [3.05, 3.63) is 35.9 Å². The van der Waals surface area contributed by atoms with Crippen molar-refractivity contribution in [3.63, 3.8) is 0 Å². The predicted molar refractivity (Wildman–Crippen MR) is 72.0 cm³/mol. The summed E-state index contributed by atoms with van der Waals surface area (Å²) in [6.07, 6.45) is 0. The van der Waals surface area contributed by atoms with E-state index < -0.39 is 23.2 Å². The van der Waals surface area contributed by atoms with Gasteiger partial charge in [0.25, 0.3) is 0 Å². The molecule has 19 heavy (non-hydrogen) atoms. The zero-order valence-corrected chi connectivity index (χ0v) is 11.4.